The molecule has 1 unspecified atom stereocenters. The Morgan fingerprint density at radius 3 is 2.65 bits per heavy atom. The molecular formula is C20H13NO5. The van der Waals surface area contributed by atoms with Crippen molar-refractivity contribution in [2.75, 3.05) is 4.90 Å². The maximum atomic E-state index is 13.3. The van der Waals surface area contributed by atoms with Crippen LogP contribution < -0.4 is 9.64 Å². The second-order valence-corrected chi connectivity index (χ2v) is 6.66. The third-order valence-electron chi connectivity index (χ3n) is 5.07. The number of furan rings is 1. The lowest BCUT2D eigenvalue weighted by Crippen LogP contribution is -2.28. The van der Waals surface area contributed by atoms with E-state index in [1.54, 1.807) is 11.0 Å². The van der Waals surface area contributed by atoms with Crippen LogP contribution in [0.15, 0.2) is 56.0 Å². The molecule has 0 aliphatic carbocycles. The highest BCUT2D eigenvalue weighted by molar-refractivity contribution is 6.09. The van der Waals surface area contributed by atoms with Gasteiger partial charge in [0.05, 0.1) is 18.2 Å². The van der Waals surface area contributed by atoms with Gasteiger partial charge in [-0.15, -0.1) is 0 Å². The van der Waals surface area contributed by atoms with E-state index in [4.69, 9.17) is 18.3 Å². The van der Waals surface area contributed by atoms with Crippen molar-refractivity contribution in [2.45, 2.75) is 19.4 Å². The first-order valence-corrected chi connectivity index (χ1v) is 8.39. The Kier molecular flexibility index (Phi) is 2.45. The SMILES string of the molecule is Cc1ccc(CN2C(=O)C3c4cc5ooc5cc4Oc4cccc2c43)o1. The molecule has 6 heteroatoms. The molecule has 0 N–H and O–H groups in total. The van der Waals surface area contributed by atoms with Crippen molar-refractivity contribution in [3.05, 3.63) is 65.1 Å². The first kappa shape index (κ1) is 13.8. The van der Waals surface area contributed by atoms with Crippen molar-refractivity contribution in [1.82, 2.24) is 0 Å². The predicted octanol–water partition coefficient (Wildman–Crippen LogP) is 4.71. The molecule has 0 fully saturated rings. The third-order valence-corrected chi connectivity index (χ3v) is 5.07. The number of ether oxygens (including phenoxy) is 1. The summed E-state index contributed by atoms with van der Waals surface area (Å²) in [5.74, 6) is 2.51. The molecule has 4 aromatic rings. The van der Waals surface area contributed by atoms with Crippen LogP contribution in [0.25, 0.3) is 11.2 Å². The molecule has 1 amide bonds. The summed E-state index contributed by atoms with van der Waals surface area (Å²) >= 11 is 0. The van der Waals surface area contributed by atoms with Crippen molar-refractivity contribution in [3.63, 3.8) is 0 Å². The van der Waals surface area contributed by atoms with E-state index in [2.05, 4.69) is 0 Å². The number of anilines is 1. The molecule has 2 aliphatic heterocycles. The number of hydrogen-bond acceptors (Lipinski definition) is 5. The summed E-state index contributed by atoms with van der Waals surface area (Å²) in [6.45, 7) is 2.28. The highest BCUT2D eigenvalue weighted by Gasteiger charge is 2.45. The number of aryl methyl sites for hydroxylation is 1. The fraction of sp³-hybridized carbons (Fsp3) is 0.150. The van der Waals surface area contributed by atoms with Gasteiger partial charge in [-0.2, -0.15) is 0 Å². The van der Waals surface area contributed by atoms with E-state index in [0.717, 1.165) is 28.3 Å². The van der Waals surface area contributed by atoms with Crippen LogP contribution in [0.2, 0.25) is 0 Å². The molecule has 2 aliphatic rings. The van der Waals surface area contributed by atoms with Crippen LogP contribution in [0.3, 0.4) is 0 Å². The molecule has 128 valence electrons. The number of amides is 1. The average Bonchev–Trinajstić information content (AvgIpc) is 3.15. The van der Waals surface area contributed by atoms with E-state index in [-0.39, 0.29) is 5.91 Å². The van der Waals surface area contributed by atoms with Crippen LogP contribution in [-0.4, -0.2) is 5.91 Å². The standard InChI is InChI=1S/C20H13NO5/c1-10-5-6-11(23-10)9-21-13-3-2-4-14-19(13)18(20(21)22)12-7-16-17(26-25-16)8-15(12)24-14/h2-8,18H,9H2,1H3. The molecule has 0 spiro atoms. The monoisotopic (exact) mass is 347 g/mol. The van der Waals surface area contributed by atoms with Gasteiger partial charge in [-0.1, -0.05) is 6.07 Å². The van der Waals surface area contributed by atoms with Gasteiger partial charge >= 0.3 is 0 Å². The number of carbonyl (C=O) groups excluding carboxylic acids is 1. The van der Waals surface area contributed by atoms with Gasteiger partial charge in [-0.25, -0.2) is 0 Å². The second-order valence-electron chi connectivity index (χ2n) is 6.66. The number of fused-ring (bicyclic) bond motifs is 3. The van der Waals surface area contributed by atoms with Crippen molar-refractivity contribution in [3.8, 4) is 11.5 Å². The highest BCUT2D eigenvalue weighted by atomic mass is 17.0. The smallest absolute Gasteiger partial charge is 0.239 e. The van der Waals surface area contributed by atoms with Crippen molar-refractivity contribution in [1.29, 1.82) is 0 Å². The summed E-state index contributed by atoms with van der Waals surface area (Å²) in [5.41, 5.74) is 3.80. The maximum Gasteiger partial charge on any atom is 0.239 e. The lowest BCUT2D eigenvalue weighted by atomic mass is 9.89. The third kappa shape index (κ3) is 1.68. The Morgan fingerprint density at radius 1 is 1.04 bits per heavy atom. The summed E-state index contributed by atoms with van der Waals surface area (Å²) in [6, 6.07) is 13.1. The molecule has 6 rings (SSSR count). The van der Waals surface area contributed by atoms with Gasteiger partial charge in [0.25, 0.3) is 0 Å². The normalized spacial score (nSPS) is 17.5. The van der Waals surface area contributed by atoms with E-state index in [1.807, 2.05) is 43.3 Å². The van der Waals surface area contributed by atoms with E-state index >= 15 is 0 Å². The molecule has 6 nitrogen and oxygen atoms in total. The second kappa shape index (κ2) is 4.60. The van der Waals surface area contributed by atoms with E-state index in [0.29, 0.717) is 29.2 Å². The number of hydrogen-bond donors (Lipinski definition) is 0. The minimum atomic E-state index is -0.407. The largest absolute Gasteiger partial charge is 0.464 e. The maximum absolute atomic E-state index is 13.3. The molecule has 2 aromatic heterocycles. The topological polar surface area (TPSA) is 69.0 Å². The quantitative estimate of drug-likeness (QED) is 0.491. The van der Waals surface area contributed by atoms with Gasteiger partial charge in [0.1, 0.15) is 23.0 Å². The summed E-state index contributed by atoms with van der Waals surface area (Å²) in [7, 11) is 0. The lowest BCUT2D eigenvalue weighted by Gasteiger charge is -2.23. The van der Waals surface area contributed by atoms with E-state index < -0.39 is 5.92 Å². The Morgan fingerprint density at radius 2 is 1.88 bits per heavy atom. The van der Waals surface area contributed by atoms with Gasteiger partial charge in [-0.05, 0) is 37.3 Å². The predicted molar refractivity (Wildman–Crippen MR) is 91.5 cm³/mol. The summed E-state index contributed by atoms with van der Waals surface area (Å²) in [4.78, 5) is 15.1. The molecule has 0 bridgehead atoms. The molecule has 0 saturated heterocycles. The minimum absolute atomic E-state index is 0.00578. The first-order chi connectivity index (χ1) is 12.7. The van der Waals surface area contributed by atoms with Crippen LogP contribution >= 0.6 is 0 Å². The highest BCUT2D eigenvalue weighted by Crippen LogP contribution is 2.54. The van der Waals surface area contributed by atoms with E-state index in [9.17, 15) is 4.79 Å². The lowest BCUT2D eigenvalue weighted by molar-refractivity contribution is -0.118. The van der Waals surface area contributed by atoms with Gasteiger partial charge in [0.15, 0.2) is 0 Å². The molecule has 1 atom stereocenters. The van der Waals surface area contributed by atoms with Crippen LogP contribution in [0, 0.1) is 6.92 Å². The summed E-state index contributed by atoms with van der Waals surface area (Å²) < 4.78 is 21.7. The first-order valence-electron chi connectivity index (χ1n) is 8.39. The Labute approximate surface area is 147 Å². The number of carbonyl (C=O) groups is 1. The molecular weight excluding hydrogens is 334 g/mol. The van der Waals surface area contributed by atoms with E-state index in [1.165, 1.54) is 0 Å². The number of rotatable bonds is 2. The summed E-state index contributed by atoms with van der Waals surface area (Å²) in [5, 5.41) is 0. The zero-order chi connectivity index (χ0) is 17.4. The van der Waals surface area contributed by atoms with Crippen molar-refractivity contribution >= 4 is 22.8 Å². The van der Waals surface area contributed by atoms with Crippen molar-refractivity contribution in [2.24, 2.45) is 0 Å². The van der Waals surface area contributed by atoms with Crippen LogP contribution in [0.1, 0.15) is 28.6 Å². The van der Waals surface area contributed by atoms with Crippen LogP contribution in [0.4, 0.5) is 5.69 Å². The van der Waals surface area contributed by atoms with Gasteiger partial charge in [0, 0.05) is 17.2 Å². The minimum Gasteiger partial charge on any atom is -0.464 e. The zero-order valence-corrected chi connectivity index (χ0v) is 13.8. The zero-order valence-electron chi connectivity index (χ0n) is 13.8. The Bertz CT molecular complexity index is 1190. The average molecular weight is 347 g/mol. The van der Waals surface area contributed by atoms with Crippen LogP contribution in [-0.2, 0) is 11.3 Å². The molecule has 4 heterocycles. The summed E-state index contributed by atoms with van der Waals surface area (Å²) in [6.07, 6.45) is 0. The molecule has 26 heavy (non-hydrogen) atoms. The van der Waals surface area contributed by atoms with Gasteiger partial charge in [0.2, 0.25) is 17.1 Å². The molecule has 0 saturated carbocycles. The Hall–Kier alpha value is -3.41. The van der Waals surface area contributed by atoms with Gasteiger partial charge in [-0.3, -0.25) is 13.9 Å². The fourth-order valence-electron chi connectivity index (χ4n) is 3.90. The fourth-order valence-corrected chi connectivity index (χ4v) is 3.90. The molecule has 2 aromatic carbocycles. The number of benzene rings is 2. The van der Waals surface area contributed by atoms with Crippen LogP contribution in [0.5, 0.6) is 11.5 Å². The number of nitrogens with zero attached hydrogens (tertiary/aromatic N) is 1. The Balaban J connectivity index is 1.52. The van der Waals surface area contributed by atoms with Gasteiger partial charge < -0.3 is 14.1 Å². The van der Waals surface area contributed by atoms with Crippen molar-refractivity contribution < 1.29 is 23.1 Å². The molecule has 0 radical (unpaired) electrons.